The van der Waals surface area contributed by atoms with Gasteiger partial charge in [-0.25, -0.2) is 4.39 Å². The van der Waals surface area contributed by atoms with Crippen LogP contribution in [0.5, 0.6) is 0 Å². The van der Waals surface area contributed by atoms with Crippen LogP contribution in [-0.2, 0) is 13.0 Å². The minimum absolute atomic E-state index is 0.262. The molecule has 0 saturated carbocycles. The predicted molar refractivity (Wildman–Crippen MR) is 68.4 cm³/mol. The second-order valence-electron chi connectivity index (χ2n) is 4.11. The van der Waals surface area contributed by atoms with E-state index in [1.165, 1.54) is 12.1 Å². The van der Waals surface area contributed by atoms with E-state index in [0.717, 1.165) is 17.7 Å². The predicted octanol–water partition coefficient (Wildman–Crippen LogP) is 2.69. The van der Waals surface area contributed by atoms with Crippen LogP contribution in [0.3, 0.4) is 0 Å². The van der Waals surface area contributed by atoms with Gasteiger partial charge in [0.1, 0.15) is 17.6 Å². The number of hydrogen-bond donors (Lipinski definition) is 1. The number of hydrogen-bond acceptors (Lipinski definition) is 2. The molecular weight excluding hydrogens is 229 g/mol. The zero-order chi connectivity index (χ0) is 13.1. The van der Waals surface area contributed by atoms with Gasteiger partial charge in [0.25, 0.3) is 0 Å². The van der Waals surface area contributed by atoms with Crippen LogP contribution in [0.4, 0.5) is 10.1 Å². The Morgan fingerprint density at radius 1 is 1.33 bits per heavy atom. The molecule has 0 atom stereocenters. The first kappa shape index (κ1) is 12.2. The van der Waals surface area contributed by atoms with Crippen molar-refractivity contribution < 1.29 is 4.39 Å². The zero-order valence-corrected chi connectivity index (χ0v) is 10.2. The van der Waals surface area contributed by atoms with Crippen molar-refractivity contribution >= 4 is 5.69 Å². The maximum absolute atomic E-state index is 12.8. The number of anilines is 1. The Labute approximate surface area is 105 Å². The van der Waals surface area contributed by atoms with E-state index in [-0.39, 0.29) is 5.82 Å². The highest BCUT2D eigenvalue weighted by atomic mass is 19.1. The van der Waals surface area contributed by atoms with E-state index < -0.39 is 0 Å². The fraction of sp³-hybridized carbons (Fsp3) is 0.214. The monoisotopic (exact) mass is 243 g/mol. The Morgan fingerprint density at radius 3 is 2.56 bits per heavy atom. The van der Waals surface area contributed by atoms with Crippen molar-refractivity contribution in [2.24, 2.45) is 0 Å². The summed E-state index contributed by atoms with van der Waals surface area (Å²) in [7, 11) is 0. The molecule has 2 aromatic rings. The third-order valence-electron chi connectivity index (χ3n) is 2.95. The minimum Gasteiger partial charge on any atom is -0.397 e. The molecule has 18 heavy (non-hydrogen) atoms. The average molecular weight is 243 g/mol. The van der Waals surface area contributed by atoms with Gasteiger partial charge in [0.05, 0.1) is 5.69 Å². The molecule has 2 rings (SSSR count). The Bertz CT molecular complexity index is 591. The first-order valence-electron chi connectivity index (χ1n) is 5.78. The van der Waals surface area contributed by atoms with Crippen LogP contribution in [0.1, 0.15) is 23.9 Å². The van der Waals surface area contributed by atoms with E-state index in [0.29, 0.717) is 17.9 Å². The van der Waals surface area contributed by atoms with Gasteiger partial charge in [-0.15, -0.1) is 0 Å². The lowest BCUT2D eigenvalue weighted by molar-refractivity contribution is 0.626. The second-order valence-corrected chi connectivity index (χ2v) is 4.11. The van der Waals surface area contributed by atoms with Crippen molar-refractivity contribution in [3.63, 3.8) is 0 Å². The van der Waals surface area contributed by atoms with Gasteiger partial charge in [-0.3, -0.25) is 0 Å². The standard InChI is InChI=1S/C14H14FN3/c1-2-14-13(17)7-12(8-16)18(14)9-10-3-5-11(15)6-4-10/h3-7H,2,9,17H2,1H3. The molecule has 92 valence electrons. The molecular formula is C14H14FN3. The lowest BCUT2D eigenvalue weighted by Crippen LogP contribution is -2.07. The molecule has 3 nitrogen and oxygen atoms in total. The molecule has 0 radical (unpaired) electrons. The third kappa shape index (κ3) is 2.21. The van der Waals surface area contributed by atoms with Gasteiger partial charge in [-0.05, 0) is 30.2 Å². The minimum atomic E-state index is -0.262. The highest BCUT2D eigenvalue weighted by Gasteiger charge is 2.11. The molecule has 0 aliphatic rings. The molecule has 0 spiro atoms. The molecule has 0 aliphatic heterocycles. The molecule has 4 heteroatoms. The quantitative estimate of drug-likeness (QED) is 0.901. The number of halogens is 1. The number of nitrogens with two attached hydrogens (primary N) is 1. The summed E-state index contributed by atoms with van der Waals surface area (Å²) < 4.78 is 14.7. The van der Waals surface area contributed by atoms with E-state index in [4.69, 9.17) is 11.0 Å². The molecule has 1 aromatic heterocycles. The summed E-state index contributed by atoms with van der Waals surface area (Å²) in [4.78, 5) is 0. The Kier molecular flexibility index (Phi) is 3.33. The average Bonchev–Trinajstić information content (AvgIpc) is 2.67. The topological polar surface area (TPSA) is 54.7 Å². The molecule has 2 N–H and O–H groups in total. The highest BCUT2D eigenvalue weighted by Crippen LogP contribution is 2.20. The molecule has 0 amide bonds. The van der Waals surface area contributed by atoms with E-state index in [1.807, 2.05) is 11.5 Å². The number of nitrogens with zero attached hydrogens (tertiary/aromatic N) is 2. The number of rotatable bonds is 3. The Balaban J connectivity index is 2.39. The van der Waals surface area contributed by atoms with Gasteiger partial charge in [0, 0.05) is 12.2 Å². The van der Waals surface area contributed by atoms with Crippen molar-refractivity contribution in [2.75, 3.05) is 5.73 Å². The highest BCUT2D eigenvalue weighted by molar-refractivity contribution is 5.51. The first-order valence-corrected chi connectivity index (χ1v) is 5.78. The van der Waals surface area contributed by atoms with E-state index in [1.54, 1.807) is 18.2 Å². The fourth-order valence-electron chi connectivity index (χ4n) is 2.05. The second kappa shape index (κ2) is 4.92. The van der Waals surface area contributed by atoms with E-state index >= 15 is 0 Å². The summed E-state index contributed by atoms with van der Waals surface area (Å²) in [5.41, 5.74) is 8.93. The van der Waals surface area contributed by atoms with E-state index in [2.05, 4.69) is 6.07 Å². The number of aromatic nitrogens is 1. The maximum atomic E-state index is 12.8. The van der Waals surface area contributed by atoms with Crippen molar-refractivity contribution in [3.05, 3.63) is 53.1 Å². The van der Waals surface area contributed by atoms with Crippen LogP contribution >= 0.6 is 0 Å². The fourth-order valence-corrected chi connectivity index (χ4v) is 2.05. The van der Waals surface area contributed by atoms with Crippen LogP contribution in [-0.4, -0.2) is 4.57 Å². The Morgan fingerprint density at radius 2 is 2.00 bits per heavy atom. The zero-order valence-electron chi connectivity index (χ0n) is 10.2. The lowest BCUT2D eigenvalue weighted by atomic mass is 10.2. The van der Waals surface area contributed by atoms with Gasteiger partial charge in [-0.1, -0.05) is 19.1 Å². The van der Waals surface area contributed by atoms with Crippen molar-refractivity contribution in [2.45, 2.75) is 19.9 Å². The van der Waals surface area contributed by atoms with Crippen LogP contribution in [0.15, 0.2) is 30.3 Å². The molecule has 0 saturated heterocycles. The number of nitrogen functional groups attached to an aromatic ring is 1. The number of nitriles is 1. The first-order chi connectivity index (χ1) is 8.65. The van der Waals surface area contributed by atoms with Gasteiger partial charge >= 0.3 is 0 Å². The normalized spacial score (nSPS) is 10.3. The van der Waals surface area contributed by atoms with Crippen LogP contribution < -0.4 is 5.73 Å². The summed E-state index contributed by atoms with van der Waals surface area (Å²) in [6.07, 6.45) is 0.759. The van der Waals surface area contributed by atoms with Crippen LogP contribution in [0, 0.1) is 17.1 Å². The summed E-state index contributed by atoms with van der Waals surface area (Å²) in [5.74, 6) is -0.262. The van der Waals surface area contributed by atoms with Crippen molar-refractivity contribution in [1.82, 2.24) is 4.57 Å². The number of benzene rings is 1. The molecule has 0 unspecified atom stereocenters. The van der Waals surface area contributed by atoms with E-state index in [9.17, 15) is 4.39 Å². The van der Waals surface area contributed by atoms with Crippen LogP contribution in [0.25, 0.3) is 0 Å². The SMILES string of the molecule is CCc1c(N)cc(C#N)n1Cc1ccc(F)cc1. The van der Waals surface area contributed by atoms with Crippen LogP contribution in [0.2, 0.25) is 0 Å². The molecule has 1 heterocycles. The maximum Gasteiger partial charge on any atom is 0.123 e. The summed E-state index contributed by atoms with van der Waals surface area (Å²) in [6.45, 7) is 2.53. The summed E-state index contributed by atoms with van der Waals surface area (Å²) >= 11 is 0. The smallest absolute Gasteiger partial charge is 0.123 e. The molecule has 0 aliphatic carbocycles. The molecule has 0 bridgehead atoms. The Hall–Kier alpha value is -2.28. The van der Waals surface area contributed by atoms with Gasteiger partial charge in [-0.2, -0.15) is 5.26 Å². The summed E-state index contributed by atoms with van der Waals surface area (Å²) in [5, 5.41) is 9.09. The molecule has 0 fully saturated rings. The summed E-state index contributed by atoms with van der Waals surface area (Å²) in [6, 6.07) is 10.1. The van der Waals surface area contributed by atoms with Gasteiger partial charge < -0.3 is 10.3 Å². The third-order valence-corrected chi connectivity index (χ3v) is 2.95. The van der Waals surface area contributed by atoms with Crippen molar-refractivity contribution in [1.29, 1.82) is 5.26 Å². The van der Waals surface area contributed by atoms with Gasteiger partial charge in [0.2, 0.25) is 0 Å². The molecule has 1 aromatic carbocycles. The lowest BCUT2D eigenvalue weighted by Gasteiger charge is -2.10. The van der Waals surface area contributed by atoms with Gasteiger partial charge in [0.15, 0.2) is 0 Å². The largest absolute Gasteiger partial charge is 0.397 e. The van der Waals surface area contributed by atoms with Crippen molar-refractivity contribution in [3.8, 4) is 6.07 Å².